The van der Waals surface area contributed by atoms with Gasteiger partial charge in [-0.15, -0.1) is 0 Å². The second-order valence-electron chi connectivity index (χ2n) is 15.3. The standard InChI is InChI=1S/C39H59F5O7S/c1-37-18-16-32-31-13-12-30(51-35(46)27-50-22-21-49-20-19-48-2)26-29(31)25-28(36(32)33(37)14-15-34(37)45)11-8-6-4-3-5-7-9-23-52(47)24-10-17-38(40,41)39(42,43)44/h12-13,26,28,32-34,36,45H,3-11,14-25,27H2,1-2H3/t28-,32-,33+,34+,36-,37+,52?/m1/s1. The fourth-order valence-electron chi connectivity index (χ4n) is 9.02. The van der Waals surface area contributed by atoms with Crippen LogP contribution >= 0.6 is 0 Å². The number of benzene rings is 1. The van der Waals surface area contributed by atoms with Crippen molar-refractivity contribution in [2.45, 2.75) is 127 Å². The van der Waals surface area contributed by atoms with Crippen molar-refractivity contribution < 1.29 is 55.0 Å². The van der Waals surface area contributed by atoms with Crippen molar-refractivity contribution in [2.24, 2.45) is 23.2 Å². The van der Waals surface area contributed by atoms with E-state index in [1.54, 1.807) is 7.11 Å². The zero-order chi connectivity index (χ0) is 37.8. The van der Waals surface area contributed by atoms with Gasteiger partial charge in [-0.25, -0.2) is 4.79 Å². The Kier molecular flexibility index (Phi) is 16.8. The van der Waals surface area contributed by atoms with Crippen LogP contribution < -0.4 is 4.74 Å². The number of esters is 1. The molecule has 0 saturated heterocycles. The molecular formula is C39H59F5O7S. The summed E-state index contributed by atoms with van der Waals surface area (Å²) in [7, 11) is 0.221. The molecule has 2 saturated carbocycles. The van der Waals surface area contributed by atoms with Gasteiger partial charge in [0.1, 0.15) is 12.4 Å². The van der Waals surface area contributed by atoms with Crippen molar-refractivity contribution in [1.29, 1.82) is 0 Å². The van der Waals surface area contributed by atoms with E-state index in [9.17, 15) is 36.1 Å². The number of methoxy groups -OCH3 is 1. The van der Waals surface area contributed by atoms with Gasteiger partial charge in [-0.05, 0) is 104 Å². The summed E-state index contributed by atoms with van der Waals surface area (Å²) in [6, 6.07) is 6.08. The van der Waals surface area contributed by atoms with Crippen LogP contribution in [-0.4, -0.2) is 85.1 Å². The largest absolute Gasteiger partial charge is 0.453 e. The second-order valence-corrected chi connectivity index (χ2v) is 17.0. The molecule has 0 spiro atoms. The van der Waals surface area contributed by atoms with Gasteiger partial charge in [0, 0.05) is 35.8 Å². The third kappa shape index (κ3) is 11.9. The van der Waals surface area contributed by atoms with Crippen LogP contribution in [0.1, 0.15) is 114 Å². The van der Waals surface area contributed by atoms with Crippen molar-refractivity contribution in [1.82, 2.24) is 0 Å². The van der Waals surface area contributed by atoms with Crippen molar-refractivity contribution in [2.75, 3.05) is 51.6 Å². The second kappa shape index (κ2) is 20.3. The summed E-state index contributed by atoms with van der Waals surface area (Å²) in [6.45, 7) is 3.76. The molecule has 298 valence electrons. The van der Waals surface area contributed by atoms with Gasteiger partial charge in [0.15, 0.2) is 0 Å². The summed E-state index contributed by atoms with van der Waals surface area (Å²) in [5.74, 6) is -2.55. The Hall–Kier alpha value is -1.67. The number of rotatable bonds is 23. The highest BCUT2D eigenvalue weighted by atomic mass is 32.2. The van der Waals surface area contributed by atoms with Crippen LogP contribution in [0.4, 0.5) is 22.0 Å². The van der Waals surface area contributed by atoms with Gasteiger partial charge in [-0.2, -0.15) is 22.0 Å². The Labute approximate surface area is 308 Å². The zero-order valence-electron chi connectivity index (χ0n) is 30.9. The Morgan fingerprint density at radius 2 is 1.58 bits per heavy atom. The van der Waals surface area contributed by atoms with E-state index in [1.807, 2.05) is 12.1 Å². The van der Waals surface area contributed by atoms with Crippen molar-refractivity contribution in [3.05, 3.63) is 29.3 Å². The van der Waals surface area contributed by atoms with E-state index in [4.69, 9.17) is 18.9 Å². The summed E-state index contributed by atoms with van der Waals surface area (Å²) in [5, 5.41) is 11.0. The Morgan fingerprint density at radius 1 is 0.904 bits per heavy atom. The van der Waals surface area contributed by atoms with Gasteiger partial charge in [0.25, 0.3) is 0 Å². The number of fused-ring (bicyclic) bond motifs is 5. The first-order valence-electron chi connectivity index (χ1n) is 19.2. The van der Waals surface area contributed by atoms with Crippen LogP contribution in [0.15, 0.2) is 18.2 Å². The molecule has 7 atom stereocenters. The van der Waals surface area contributed by atoms with E-state index in [1.165, 1.54) is 11.1 Å². The van der Waals surface area contributed by atoms with Gasteiger partial charge < -0.3 is 24.1 Å². The monoisotopic (exact) mass is 766 g/mol. The Morgan fingerprint density at radius 3 is 2.31 bits per heavy atom. The quantitative estimate of drug-likeness (QED) is 0.0517. The molecule has 1 unspecified atom stereocenters. The summed E-state index contributed by atoms with van der Waals surface area (Å²) >= 11 is 0. The topological polar surface area (TPSA) is 91.3 Å². The SMILES string of the molecule is COCCOCCOCC(=O)Oc1ccc2c(c1)C[C@@H](CCCCCCCCCS(=O)CCCC(F)(F)C(F)(F)F)[C@@H]1[C@@H]2CC[C@]2(C)[C@@H](O)CC[C@@H]12. The van der Waals surface area contributed by atoms with Gasteiger partial charge in [0.05, 0.1) is 32.5 Å². The highest BCUT2D eigenvalue weighted by Crippen LogP contribution is 2.62. The maximum Gasteiger partial charge on any atom is 0.453 e. The molecular weight excluding hydrogens is 707 g/mol. The molecule has 0 aliphatic heterocycles. The van der Waals surface area contributed by atoms with E-state index in [0.717, 1.165) is 77.0 Å². The smallest absolute Gasteiger partial charge is 0.425 e. The lowest BCUT2D eigenvalue weighted by Gasteiger charge is -2.53. The van der Waals surface area contributed by atoms with Crippen molar-refractivity contribution in [3.63, 3.8) is 0 Å². The van der Waals surface area contributed by atoms with Gasteiger partial charge in [-0.3, -0.25) is 4.21 Å². The van der Waals surface area contributed by atoms with Gasteiger partial charge in [-0.1, -0.05) is 51.5 Å². The van der Waals surface area contributed by atoms with Crippen LogP contribution in [0.25, 0.3) is 0 Å². The summed E-state index contributed by atoms with van der Waals surface area (Å²) in [6.07, 6.45) is 5.27. The minimum Gasteiger partial charge on any atom is -0.425 e. The normalized spacial score (nSPS) is 26.4. The lowest BCUT2D eigenvalue weighted by molar-refractivity contribution is -0.284. The molecule has 1 N–H and O–H groups in total. The predicted octanol–water partition coefficient (Wildman–Crippen LogP) is 8.56. The van der Waals surface area contributed by atoms with Gasteiger partial charge >= 0.3 is 18.1 Å². The number of alkyl halides is 5. The van der Waals surface area contributed by atoms with Crippen molar-refractivity contribution in [3.8, 4) is 5.75 Å². The first kappa shape index (κ1) is 43.1. The van der Waals surface area contributed by atoms with Crippen LogP contribution in [0.5, 0.6) is 5.75 Å². The molecule has 2 fully saturated rings. The fourth-order valence-corrected chi connectivity index (χ4v) is 10.2. The number of ether oxygens (including phenoxy) is 4. The summed E-state index contributed by atoms with van der Waals surface area (Å²) < 4.78 is 96.4. The Bertz CT molecular complexity index is 1280. The first-order valence-corrected chi connectivity index (χ1v) is 20.7. The maximum absolute atomic E-state index is 13.0. The van der Waals surface area contributed by atoms with Crippen LogP contribution in [0, 0.1) is 23.2 Å². The number of hydrogen-bond acceptors (Lipinski definition) is 7. The van der Waals surface area contributed by atoms with Crippen LogP contribution in [-0.2, 0) is 36.2 Å². The average Bonchev–Trinajstić information content (AvgIpc) is 3.39. The molecule has 0 bridgehead atoms. The van der Waals surface area contributed by atoms with E-state index in [-0.39, 0.29) is 30.5 Å². The van der Waals surface area contributed by atoms with Crippen LogP contribution in [0.2, 0.25) is 0 Å². The number of carbonyl (C=O) groups excluding carboxylic acids is 1. The van der Waals surface area contributed by atoms with E-state index in [0.29, 0.717) is 61.4 Å². The molecule has 0 amide bonds. The molecule has 3 aliphatic rings. The van der Waals surface area contributed by atoms with E-state index in [2.05, 4.69) is 13.0 Å². The third-order valence-electron chi connectivity index (χ3n) is 11.8. The molecule has 0 radical (unpaired) electrons. The molecule has 52 heavy (non-hydrogen) atoms. The average molecular weight is 767 g/mol. The molecule has 4 rings (SSSR count). The molecule has 13 heteroatoms. The minimum atomic E-state index is -5.56. The fraction of sp³-hybridized carbons (Fsp3) is 0.821. The number of halogens is 5. The molecule has 3 aliphatic carbocycles. The molecule has 7 nitrogen and oxygen atoms in total. The predicted molar refractivity (Wildman–Crippen MR) is 190 cm³/mol. The first-order chi connectivity index (χ1) is 24.8. The Balaban J connectivity index is 1.21. The van der Waals surface area contributed by atoms with Crippen LogP contribution in [0.3, 0.4) is 0 Å². The number of aliphatic hydroxyl groups excluding tert-OH is 1. The molecule has 1 aromatic rings. The molecule has 0 heterocycles. The highest BCUT2D eigenvalue weighted by Gasteiger charge is 2.57. The molecule has 0 aromatic heterocycles. The number of aliphatic hydroxyl groups is 1. The highest BCUT2D eigenvalue weighted by molar-refractivity contribution is 7.84. The summed E-state index contributed by atoms with van der Waals surface area (Å²) in [5.41, 5.74) is 2.56. The number of hydrogen-bond donors (Lipinski definition) is 1. The van der Waals surface area contributed by atoms with E-state index >= 15 is 0 Å². The van der Waals surface area contributed by atoms with E-state index < -0.39 is 41.7 Å². The maximum atomic E-state index is 13.0. The third-order valence-corrected chi connectivity index (χ3v) is 13.3. The number of carbonyl (C=O) groups is 1. The van der Waals surface area contributed by atoms with Gasteiger partial charge in [0.2, 0.25) is 0 Å². The lowest BCUT2D eigenvalue weighted by atomic mass is 9.52. The molecule has 1 aromatic carbocycles. The lowest BCUT2D eigenvalue weighted by Crippen LogP contribution is -2.47. The summed E-state index contributed by atoms with van der Waals surface area (Å²) in [4.78, 5) is 12.5. The zero-order valence-corrected chi connectivity index (χ0v) is 31.7. The van der Waals surface area contributed by atoms with Crippen molar-refractivity contribution >= 4 is 16.8 Å². The minimum absolute atomic E-state index is 0.0426. The number of unbranched alkanes of at least 4 members (excludes halogenated alkanes) is 6.